The van der Waals surface area contributed by atoms with Gasteiger partial charge in [0.15, 0.2) is 16.6 Å². The van der Waals surface area contributed by atoms with Crippen molar-refractivity contribution in [2.24, 2.45) is 0 Å². The average molecular weight is 367 g/mol. The summed E-state index contributed by atoms with van der Waals surface area (Å²) < 4.78 is 30.2. The normalized spacial score (nSPS) is 15.8. The molecule has 0 spiro atoms. The van der Waals surface area contributed by atoms with Crippen molar-refractivity contribution in [3.05, 3.63) is 0 Å². The van der Waals surface area contributed by atoms with Crippen LogP contribution in [0, 0.1) is 0 Å². The first kappa shape index (κ1) is 21.5. The lowest BCUT2D eigenvalue weighted by atomic mass is 10.5. The largest absolute Gasteiger partial charge is 0.437 e. The minimum Gasteiger partial charge on any atom is -0.437 e. The second kappa shape index (κ2) is 8.99. The van der Waals surface area contributed by atoms with Gasteiger partial charge in [-0.3, -0.25) is 0 Å². The van der Waals surface area contributed by atoms with Gasteiger partial charge >= 0.3 is 8.56 Å². The lowest BCUT2D eigenvalue weighted by molar-refractivity contribution is 0.196. The molecule has 0 saturated heterocycles. The van der Waals surface area contributed by atoms with Crippen LogP contribution in [-0.4, -0.2) is 47.6 Å². The first-order valence-corrected chi connectivity index (χ1v) is 18.7. The Balaban J connectivity index is 4.90. The summed E-state index contributed by atoms with van der Waals surface area (Å²) >= 11 is 0. The Labute approximate surface area is 135 Å². The molecule has 126 valence electrons. The molecule has 0 heterocycles. The van der Waals surface area contributed by atoms with Crippen molar-refractivity contribution in [2.75, 3.05) is 13.7 Å². The summed E-state index contributed by atoms with van der Waals surface area (Å²) in [5, 5.41) is 0. The van der Waals surface area contributed by atoms with Crippen LogP contribution in [-0.2, 0) is 17.4 Å². The van der Waals surface area contributed by atoms with Gasteiger partial charge in [0.1, 0.15) is 0 Å². The van der Waals surface area contributed by atoms with E-state index in [9.17, 15) is 4.46 Å². The first-order valence-electron chi connectivity index (χ1n) is 7.84. The van der Waals surface area contributed by atoms with E-state index in [1.54, 1.807) is 7.11 Å². The van der Waals surface area contributed by atoms with Crippen LogP contribution in [0.5, 0.6) is 0 Å². The molecule has 0 aromatic carbocycles. The highest BCUT2D eigenvalue weighted by atomic mass is 28.5. The van der Waals surface area contributed by atoms with Crippen LogP contribution in [0.3, 0.4) is 0 Å². The molecule has 0 bridgehead atoms. The van der Waals surface area contributed by atoms with Crippen LogP contribution in [0.2, 0.25) is 57.0 Å². The monoisotopic (exact) mass is 366 g/mol. The molecular formula is C13H34O4Si4. The molecular weight excluding hydrogens is 332 g/mol. The van der Waals surface area contributed by atoms with Crippen LogP contribution in [0.15, 0.2) is 0 Å². The first-order chi connectivity index (χ1) is 9.43. The molecule has 0 aliphatic carbocycles. The molecule has 1 unspecified atom stereocenters. The fraction of sp³-hybridized carbons (Fsp3) is 1.00. The van der Waals surface area contributed by atoms with E-state index in [-0.39, 0.29) is 0 Å². The van der Waals surface area contributed by atoms with E-state index >= 15 is 0 Å². The summed E-state index contributed by atoms with van der Waals surface area (Å²) in [5.74, 6) is 0. The van der Waals surface area contributed by atoms with Gasteiger partial charge in [-0.15, -0.1) is 0 Å². The highest BCUT2D eigenvalue weighted by Gasteiger charge is 2.42. The molecule has 21 heavy (non-hydrogen) atoms. The Bertz CT molecular complexity index is 331. The second-order valence-corrected chi connectivity index (χ2v) is 22.7. The predicted octanol–water partition coefficient (Wildman–Crippen LogP) is 4.15. The predicted molar refractivity (Wildman–Crippen MR) is 97.6 cm³/mol. The highest BCUT2D eigenvalue weighted by molar-refractivity contribution is 6.90. The Kier molecular flexibility index (Phi) is 9.23. The van der Waals surface area contributed by atoms with Gasteiger partial charge in [0.2, 0.25) is 0 Å². The SMILES string of the molecule is CC[Si](=O)C[Si](C)(C)O[Si](C)(CCCOC)O[Si](C)(C)C. The third kappa shape index (κ3) is 10.8. The van der Waals surface area contributed by atoms with Crippen LogP contribution in [0.1, 0.15) is 13.3 Å². The minimum absolute atomic E-state index is 0.745. The maximum absolute atomic E-state index is 12.0. The highest BCUT2D eigenvalue weighted by Crippen LogP contribution is 2.27. The summed E-state index contributed by atoms with van der Waals surface area (Å²) in [6, 6.07) is 1.73. The van der Waals surface area contributed by atoms with Crippen LogP contribution >= 0.6 is 0 Å². The summed E-state index contributed by atoms with van der Waals surface area (Å²) in [6.45, 7) is 15.9. The Morgan fingerprint density at radius 1 is 1.00 bits per heavy atom. The number of hydrogen-bond acceptors (Lipinski definition) is 4. The molecule has 0 fully saturated rings. The number of rotatable bonds is 11. The molecule has 0 radical (unpaired) electrons. The summed E-state index contributed by atoms with van der Waals surface area (Å²) in [5.41, 5.74) is 0.774. The van der Waals surface area contributed by atoms with E-state index in [1.807, 2.05) is 6.92 Å². The molecule has 0 saturated carbocycles. The number of ether oxygens (including phenoxy) is 1. The number of methoxy groups -OCH3 is 1. The van der Waals surface area contributed by atoms with Crippen molar-refractivity contribution in [1.29, 1.82) is 0 Å². The molecule has 0 N–H and O–H groups in total. The minimum atomic E-state index is -2.22. The van der Waals surface area contributed by atoms with Gasteiger partial charge in [0.05, 0.1) is 0 Å². The number of hydrogen-bond donors (Lipinski definition) is 0. The lowest BCUT2D eigenvalue weighted by Crippen LogP contribution is -2.54. The van der Waals surface area contributed by atoms with Crippen molar-refractivity contribution >= 4 is 33.9 Å². The van der Waals surface area contributed by atoms with Gasteiger partial charge in [-0.05, 0) is 57.8 Å². The molecule has 0 aliphatic rings. The van der Waals surface area contributed by atoms with Crippen molar-refractivity contribution in [2.45, 2.75) is 70.4 Å². The van der Waals surface area contributed by atoms with E-state index in [4.69, 9.17) is 13.0 Å². The fourth-order valence-electron chi connectivity index (χ4n) is 2.53. The van der Waals surface area contributed by atoms with Crippen molar-refractivity contribution in [3.63, 3.8) is 0 Å². The van der Waals surface area contributed by atoms with Gasteiger partial charge in [-0.1, -0.05) is 6.92 Å². The van der Waals surface area contributed by atoms with Crippen LogP contribution in [0.4, 0.5) is 0 Å². The topological polar surface area (TPSA) is 44.8 Å². The Morgan fingerprint density at radius 3 is 2.00 bits per heavy atom. The van der Waals surface area contributed by atoms with Crippen LogP contribution in [0.25, 0.3) is 0 Å². The quantitative estimate of drug-likeness (QED) is 0.407. The van der Waals surface area contributed by atoms with Gasteiger partial charge < -0.3 is 17.4 Å². The molecule has 0 aromatic heterocycles. The molecule has 8 heteroatoms. The van der Waals surface area contributed by atoms with E-state index < -0.39 is 33.9 Å². The Hall–Kier alpha value is 0.548. The van der Waals surface area contributed by atoms with Gasteiger partial charge in [0, 0.05) is 19.4 Å². The standard InChI is InChI=1S/C13H34O4Si4/c1-9-18(14)13-20(6,7)17-21(8,12-10-11-15-2)16-19(3,4)5/h9-13H2,1-8H3. The van der Waals surface area contributed by atoms with Crippen molar-refractivity contribution < 1.29 is 17.4 Å². The zero-order valence-electron chi connectivity index (χ0n) is 15.2. The summed E-state index contributed by atoms with van der Waals surface area (Å²) in [4.78, 5) is 0. The van der Waals surface area contributed by atoms with E-state index in [1.165, 1.54) is 0 Å². The van der Waals surface area contributed by atoms with E-state index in [2.05, 4.69) is 39.3 Å². The summed E-state index contributed by atoms with van der Waals surface area (Å²) in [6.07, 6.45) is 0.969. The van der Waals surface area contributed by atoms with Crippen LogP contribution < -0.4 is 0 Å². The fourth-order valence-corrected chi connectivity index (χ4v) is 20.3. The average Bonchev–Trinajstić information content (AvgIpc) is 2.24. The molecule has 4 nitrogen and oxygen atoms in total. The van der Waals surface area contributed by atoms with Crippen molar-refractivity contribution in [3.8, 4) is 0 Å². The molecule has 0 amide bonds. The lowest BCUT2D eigenvalue weighted by Gasteiger charge is -2.39. The molecule has 1 atom stereocenters. The summed E-state index contributed by atoms with van der Waals surface area (Å²) in [7, 11) is -5.56. The third-order valence-corrected chi connectivity index (χ3v) is 18.2. The zero-order valence-corrected chi connectivity index (χ0v) is 19.2. The Morgan fingerprint density at radius 2 is 1.57 bits per heavy atom. The smallest absolute Gasteiger partial charge is 0.314 e. The molecule has 0 rings (SSSR count). The van der Waals surface area contributed by atoms with Crippen molar-refractivity contribution in [1.82, 2.24) is 0 Å². The van der Waals surface area contributed by atoms with E-state index in [0.717, 1.165) is 30.8 Å². The van der Waals surface area contributed by atoms with E-state index in [0.29, 0.717) is 0 Å². The maximum Gasteiger partial charge on any atom is 0.314 e. The molecule has 0 aliphatic heterocycles. The maximum atomic E-state index is 12.0. The second-order valence-electron chi connectivity index (χ2n) is 7.38. The molecule has 0 aromatic rings. The zero-order chi connectivity index (χ0) is 16.7. The van der Waals surface area contributed by atoms with Gasteiger partial charge in [-0.25, -0.2) is 0 Å². The van der Waals surface area contributed by atoms with Gasteiger partial charge in [0.25, 0.3) is 8.68 Å². The van der Waals surface area contributed by atoms with Gasteiger partial charge in [-0.2, -0.15) is 0 Å². The third-order valence-electron chi connectivity index (χ3n) is 3.01.